The van der Waals surface area contributed by atoms with Crippen LogP contribution in [0.2, 0.25) is 0 Å². The number of fused-ring (bicyclic) bond motifs is 1. The normalized spacial score (nSPS) is 13.8. The first-order valence-corrected chi connectivity index (χ1v) is 9.53. The number of methoxy groups -OCH3 is 1. The Hall–Kier alpha value is -2.34. The van der Waals surface area contributed by atoms with E-state index >= 15 is 0 Å². The number of nitrogens with zero attached hydrogens (tertiary/aromatic N) is 2. The lowest BCUT2D eigenvalue weighted by molar-refractivity contribution is 0.0601. The van der Waals surface area contributed by atoms with Crippen molar-refractivity contribution in [2.24, 2.45) is 0 Å². The average molecular weight is 414 g/mol. The fourth-order valence-electron chi connectivity index (χ4n) is 3.22. The molecule has 0 unspecified atom stereocenters. The third kappa shape index (κ3) is 3.09. The van der Waals surface area contributed by atoms with Gasteiger partial charge in [0.2, 0.25) is 0 Å². The van der Waals surface area contributed by atoms with Crippen LogP contribution in [0.25, 0.3) is 10.9 Å². The van der Waals surface area contributed by atoms with Crippen molar-refractivity contribution in [3.05, 3.63) is 52.3 Å². The molecule has 0 saturated heterocycles. The van der Waals surface area contributed by atoms with Crippen LogP contribution < -0.4 is 5.32 Å². The Balaban J connectivity index is 1.71. The zero-order valence-corrected chi connectivity index (χ0v) is 16.3. The Labute approximate surface area is 160 Å². The highest BCUT2D eigenvalue weighted by Crippen LogP contribution is 2.40. The Morgan fingerprint density at radius 3 is 2.88 bits per heavy atom. The summed E-state index contributed by atoms with van der Waals surface area (Å²) in [6, 6.07) is 8.03. The van der Waals surface area contributed by atoms with E-state index in [9.17, 15) is 4.79 Å². The van der Waals surface area contributed by atoms with Crippen LogP contribution in [0.4, 0.5) is 11.5 Å². The van der Waals surface area contributed by atoms with Gasteiger partial charge in [0.15, 0.2) is 0 Å². The summed E-state index contributed by atoms with van der Waals surface area (Å²) >= 11 is 3.62. The van der Waals surface area contributed by atoms with E-state index in [-0.39, 0.29) is 5.97 Å². The fourth-order valence-corrected chi connectivity index (χ4v) is 3.78. The summed E-state index contributed by atoms with van der Waals surface area (Å²) in [6.07, 6.45) is 6.26. The van der Waals surface area contributed by atoms with Gasteiger partial charge in [-0.2, -0.15) is 0 Å². The number of carbonyl (C=O) groups excluding carboxylic acids is 1. The molecule has 2 heterocycles. The van der Waals surface area contributed by atoms with Crippen molar-refractivity contribution in [3.63, 3.8) is 0 Å². The number of carbonyl (C=O) groups is 1. The van der Waals surface area contributed by atoms with Crippen molar-refractivity contribution in [2.75, 3.05) is 12.4 Å². The van der Waals surface area contributed by atoms with Gasteiger partial charge in [0.05, 0.1) is 7.11 Å². The number of pyridine rings is 1. The van der Waals surface area contributed by atoms with Gasteiger partial charge in [0.25, 0.3) is 0 Å². The highest BCUT2D eigenvalue weighted by Gasteiger charge is 2.26. The topological polar surface area (TPSA) is 56.2 Å². The number of benzene rings is 1. The largest absolute Gasteiger partial charge is 0.465 e. The molecule has 1 aromatic carbocycles. The summed E-state index contributed by atoms with van der Waals surface area (Å²) in [5.41, 5.74) is 3.62. The third-order valence-corrected chi connectivity index (χ3v) is 5.43. The number of ether oxygens (including phenoxy) is 1. The van der Waals surface area contributed by atoms with Crippen LogP contribution in [-0.4, -0.2) is 22.6 Å². The third-order valence-electron chi connectivity index (χ3n) is 4.80. The Morgan fingerprint density at radius 2 is 2.19 bits per heavy atom. The number of hydrogen-bond donors (Lipinski definition) is 1. The van der Waals surface area contributed by atoms with E-state index in [1.165, 1.54) is 7.11 Å². The second kappa shape index (κ2) is 6.76. The maximum absolute atomic E-state index is 12.2. The number of aromatic nitrogens is 2. The molecule has 0 radical (unpaired) electrons. The summed E-state index contributed by atoms with van der Waals surface area (Å²) < 4.78 is 8.18. The second-order valence-corrected chi connectivity index (χ2v) is 7.40. The summed E-state index contributed by atoms with van der Waals surface area (Å²) in [4.78, 5) is 16.7. The standard InChI is InChI=1S/C20H20BrN3O2/c1-3-24-11-17(21)15-9-14(6-7-18(15)24)23-19-16(20(25)26-2)8-13(10-22-19)12-4-5-12/h6-12H,3-5H2,1-2H3,(H,22,23). The average Bonchev–Trinajstić information content (AvgIpc) is 3.46. The molecule has 3 aromatic rings. The molecule has 1 saturated carbocycles. The van der Waals surface area contributed by atoms with Crippen LogP contribution in [0, 0.1) is 0 Å². The molecule has 0 bridgehead atoms. The molecule has 1 fully saturated rings. The van der Waals surface area contributed by atoms with Gasteiger partial charge in [0.1, 0.15) is 11.4 Å². The van der Waals surface area contributed by atoms with Crippen molar-refractivity contribution in [1.29, 1.82) is 0 Å². The first-order chi connectivity index (χ1) is 12.6. The van der Waals surface area contributed by atoms with Crippen LogP contribution in [0.1, 0.15) is 41.6 Å². The highest BCUT2D eigenvalue weighted by molar-refractivity contribution is 9.10. The molecule has 26 heavy (non-hydrogen) atoms. The molecule has 4 rings (SSSR count). The smallest absolute Gasteiger partial charge is 0.341 e. The zero-order valence-electron chi connectivity index (χ0n) is 14.8. The van der Waals surface area contributed by atoms with Crippen LogP contribution in [-0.2, 0) is 11.3 Å². The fraction of sp³-hybridized carbons (Fsp3) is 0.300. The van der Waals surface area contributed by atoms with Gasteiger partial charge < -0.3 is 14.6 Å². The molecule has 1 aliphatic rings. The minimum absolute atomic E-state index is 0.373. The molecule has 0 amide bonds. The van der Waals surface area contributed by atoms with Gasteiger partial charge in [-0.05, 0) is 71.4 Å². The van der Waals surface area contributed by atoms with E-state index in [0.29, 0.717) is 17.3 Å². The zero-order chi connectivity index (χ0) is 18.3. The van der Waals surface area contributed by atoms with Crippen LogP contribution in [0.5, 0.6) is 0 Å². The molecule has 1 N–H and O–H groups in total. The lowest BCUT2D eigenvalue weighted by Crippen LogP contribution is -2.08. The summed E-state index contributed by atoms with van der Waals surface area (Å²) in [7, 11) is 1.40. The Bertz CT molecular complexity index is 992. The number of esters is 1. The van der Waals surface area contributed by atoms with Gasteiger partial charge in [-0.15, -0.1) is 0 Å². The van der Waals surface area contributed by atoms with E-state index in [1.54, 1.807) is 0 Å². The predicted octanol–water partition coefficient (Wildman–Crippen LogP) is 5.23. The van der Waals surface area contributed by atoms with Crippen molar-refractivity contribution >= 4 is 44.3 Å². The number of hydrogen-bond acceptors (Lipinski definition) is 4. The van der Waals surface area contributed by atoms with E-state index in [2.05, 4.69) is 56.1 Å². The number of halogens is 1. The molecule has 5 nitrogen and oxygen atoms in total. The second-order valence-electron chi connectivity index (χ2n) is 6.55. The maximum Gasteiger partial charge on any atom is 0.341 e. The summed E-state index contributed by atoms with van der Waals surface area (Å²) in [5, 5.41) is 4.40. The molecule has 6 heteroatoms. The molecule has 2 aromatic heterocycles. The monoisotopic (exact) mass is 413 g/mol. The SMILES string of the molecule is CCn1cc(Br)c2cc(Nc3ncc(C4CC4)cc3C(=O)OC)ccc21. The Morgan fingerprint density at radius 1 is 1.38 bits per heavy atom. The molecular weight excluding hydrogens is 394 g/mol. The van der Waals surface area contributed by atoms with E-state index < -0.39 is 0 Å². The molecular formula is C20H20BrN3O2. The van der Waals surface area contributed by atoms with Gasteiger partial charge in [-0.25, -0.2) is 9.78 Å². The molecule has 134 valence electrons. The number of nitrogens with one attached hydrogen (secondary N) is 1. The maximum atomic E-state index is 12.2. The highest BCUT2D eigenvalue weighted by atomic mass is 79.9. The van der Waals surface area contributed by atoms with Crippen LogP contribution >= 0.6 is 15.9 Å². The lowest BCUT2D eigenvalue weighted by Gasteiger charge is -2.12. The first kappa shape index (κ1) is 17.1. The lowest BCUT2D eigenvalue weighted by atomic mass is 10.1. The first-order valence-electron chi connectivity index (χ1n) is 8.74. The van der Waals surface area contributed by atoms with Crippen molar-refractivity contribution in [3.8, 4) is 0 Å². The minimum Gasteiger partial charge on any atom is -0.465 e. The quantitative estimate of drug-likeness (QED) is 0.582. The van der Waals surface area contributed by atoms with Crippen LogP contribution in [0.15, 0.2) is 41.1 Å². The van der Waals surface area contributed by atoms with Gasteiger partial charge in [0, 0.05) is 40.0 Å². The Kier molecular flexibility index (Phi) is 4.44. The molecule has 0 aliphatic heterocycles. The molecule has 1 aliphatic carbocycles. The number of rotatable bonds is 5. The van der Waals surface area contributed by atoms with Crippen molar-refractivity contribution < 1.29 is 9.53 Å². The number of anilines is 2. The molecule has 0 atom stereocenters. The van der Waals surface area contributed by atoms with Gasteiger partial charge in [-0.3, -0.25) is 0 Å². The van der Waals surface area contributed by atoms with E-state index in [0.717, 1.165) is 46.0 Å². The number of aryl methyl sites for hydroxylation is 1. The predicted molar refractivity (Wildman–Crippen MR) is 106 cm³/mol. The van der Waals surface area contributed by atoms with Crippen LogP contribution in [0.3, 0.4) is 0 Å². The van der Waals surface area contributed by atoms with Gasteiger partial charge >= 0.3 is 5.97 Å². The van der Waals surface area contributed by atoms with Crippen molar-refractivity contribution in [1.82, 2.24) is 9.55 Å². The summed E-state index contributed by atoms with van der Waals surface area (Å²) in [5.74, 6) is 0.676. The molecule has 0 spiro atoms. The van der Waals surface area contributed by atoms with E-state index in [1.807, 2.05) is 18.3 Å². The minimum atomic E-state index is -0.373. The van der Waals surface area contributed by atoms with E-state index in [4.69, 9.17) is 4.74 Å². The van der Waals surface area contributed by atoms with Crippen molar-refractivity contribution in [2.45, 2.75) is 32.2 Å². The summed E-state index contributed by atoms with van der Waals surface area (Å²) in [6.45, 7) is 3.03. The van der Waals surface area contributed by atoms with Gasteiger partial charge in [-0.1, -0.05) is 0 Å².